The zero-order valence-electron chi connectivity index (χ0n) is 17.1. The van der Waals surface area contributed by atoms with Gasteiger partial charge in [0.2, 0.25) is 5.91 Å². The highest BCUT2D eigenvalue weighted by atomic mass is 32.1. The molecule has 9 nitrogen and oxygen atoms in total. The molecule has 0 unspecified atom stereocenters. The van der Waals surface area contributed by atoms with Crippen LogP contribution in [0.1, 0.15) is 42.1 Å². The lowest BCUT2D eigenvalue weighted by Crippen LogP contribution is -2.20. The number of benzene rings is 1. The Kier molecular flexibility index (Phi) is 6.78. The second-order valence-corrected chi connectivity index (χ2v) is 7.04. The van der Waals surface area contributed by atoms with Gasteiger partial charge in [-0.05, 0) is 50.7 Å². The summed E-state index contributed by atoms with van der Waals surface area (Å²) in [7, 11) is 0. The molecule has 3 rings (SSSR count). The van der Waals surface area contributed by atoms with Gasteiger partial charge in [-0.15, -0.1) is 0 Å². The number of anilines is 1. The molecule has 0 saturated heterocycles. The van der Waals surface area contributed by atoms with Crippen molar-refractivity contribution in [1.29, 1.82) is 0 Å². The van der Waals surface area contributed by atoms with Gasteiger partial charge < -0.3 is 10.1 Å². The Balaban J connectivity index is 1.77. The number of carbonyl (C=O) groups excluding carboxylic acids is 2. The van der Waals surface area contributed by atoms with E-state index in [2.05, 4.69) is 20.6 Å². The van der Waals surface area contributed by atoms with Gasteiger partial charge in [-0.25, -0.2) is 9.48 Å². The van der Waals surface area contributed by atoms with Crippen molar-refractivity contribution in [2.75, 3.05) is 11.9 Å². The minimum absolute atomic E-state index is 0.0721. The molecule has 0 bridgehead atoms. The highest BCUT2D eigenvalue weighted by molar-refractivity contribution is 7.71. The molecular weight excluding hydrogens is 404 g/mol. The van der Waals surface area contributed by atoms with Gasteiger partial charge in [-0.2, -0.15) is 10.2 Å². The maximum Gasteiger partial charge on any atom is 0.341 e. The number of hydrogen-bond donors (Lipinski definition) is 2. The minimum atomic E-state index is -0.412. The Morgan fingerprint density at radius 3 is 2.83 bits per heavy atom. The average molecular weight is 429 g/mol. The second kappa shape index (κ2) is 9.49. The van der Waals surface area contributed by atoms with Crippen molar-refractivity contribution >= 4 is 29.8 Å². The molecule has 10 heteroatoms. The lowest BCUT2D eigenvalue weighted by molar-refractivity contribution is -0.116. The lowest BCUT2D eigenvalue weighted by atomic mass is 10.2. The fourth-order valence-electron chi connectivity index (χ4n) is 3.07. The van der Waals surface area contributed by atoms with Crippen LogP contribution in [0.5, 0.6) is 0 Å². The topological polar surface area (TPSA) is 107 Å². The molecule has 0 saturated carbocycles. The van der Waals surface area contributed by atoms with Crippen LogP contribution in [0.2, 0.25) is 0 Å². The summed E-state index contributed by atoms with van der Waals surface area (Å²) in [4.78, 5) is 24.6. The van der Waals surface area contributed by atoms with E-state index in [-0.39, 0.29) is 12.5 Å². The van der Waals surface area contributed by atoms with E-state index < -0.39 is 5.97 Å². The van der Waals surface area contributed by atoms with Crippen molar-refractivity contribution in [1.82, 2.24) is 24.5 Å². The highest BCUT2D eigenvalue weighted by Crippen LogP contribution is 2.19. The van der Waals surface area contributed by atoms with Gasteiger partial charge in [0.1, 0.15) is 17.9 Å². The summed E-state index contributed by atoms with van der Waals surface area (Å²) >= 11 is 5.23. The van der Waals surface area contributed by atoms with Crippen molar-refractivity contribution in [3.63, 3.8) is 0 Å². The normalized spacial score (nSPS) is 10.8. The maximum absolute atomic E-state index is 12.6. The highest BCUT2D eigenvalue weighted by Gasteiger charge is 2.16. The predicted molar refractivity (Wildman–Crippen MR) is 114 cm³/mol. The van der Waals surface area contributed by atoms with Crippen LogP contribution in [0.4, 0.5) is 5.69 Å². The quantitative estimate of drug-likeness (QED) is 0.421. The first-order chi connectivity index (χ1) is 14.4. The molecule has 2 heterocycles. The smallest absolute Gasteiger partial charge is 0.341 e. The first kappa shape index (κ1) is 21.4. The van der Waals surface area contributed by atoms with E-state index in [0.717, 1.165) is 18.7 Å². The van der Waals surface area contributed by atoms with Crippen LogP contribution in [-0.4, -0.2) is 43.0 Å². The van der Waals surface area contributed by atoms with E-state index in [1.807, 2.05) is 19.1 Å². The molecule has 2 N–H and O–H groups in total. The number of aromatic nitrogens is 5. The van der Waals surface area contributed by atoms with Crippen molar-refractivity contribution in [3.05, 3.63) is 52.3 Å². The van der Waals surface area contributed by atoms with E-state index in [4.69, 9.17) is 17.0 Å². The van der Waals surface area contributed by atoms with Crippen LogP contribution in [-0.2, 0) is 22.5 Å². The van der Waals surface area contributed by atoms with Crippen molar-refractivity contribution in [2.24, 2.45) is 0 Å². The fourth-order valence-corrected chi connectivity index (χ4v) is 3.28. The van der Waals surface area contributed by atoms with Gasteiger partial charge in [0.05, 0.1) is 24.2 Å². The monoisotopic (exact) mass is 428 g/mol. The Bertz CT molecular complexity index is 1110. The van der Waals surface area contributed by atoms with Gasteiger partial charge in [0, 0.05) is 12.1 Å². The third kappa shape index (κ3) is 4.65. The molecule has 0 aliphatic heterocycles. The van der Waals surface area contributed by atoms with Gasteiger partial charge in [0.15, 0.2) is 4.77 Å². The van der Waals surface area contributed by atoms with Crippen molar-refractivity contribution in [2.45, 2.75) is 40.2 Å². The molecule has 3 aromatic rings. The molecule has 2 aromatic heterocycles. The molecule has 0 aliphatic rings. The number of aryl methyl sites for hydroxylation is 1. The molecule has 0 radical (unpaired) electrons. The number of rotatable bonds is 8. The summed E-state index contributed by atoms with van der Waals surface area (Å²) in [5.41, 5.74) is 2.39. The van der Waals surface area contributed by atoms with Crippen molar-refractivity contribution < 1.29 is 14.3 Å². The molecular formula is C20H24N6O3S. The summed E-state index contributed by atoms with van der Waals surface area (Å²) in [5, 5.41) is 14.1. The van der Waals surface area contributed by atoms with E-state index in [9.17, 15) is 9.59 Å². The Morgan fingerprint density at radius 1 is 1.30 bits per heavy atom. The Morgan fingerprint density at radius 2 is 2.10 bits per heavy atom. The maximum atomic E-state index is 12.6. The number of carbonyl (C=O) groups is 2. The molecule has 0 atom stereocenters. The van der Waals surface area contributed by atoms with Crippen LogP contribution in [0.25, 0.3) is 5.69 Å². The SMILES string of the molecule is CCCc1n[nH]c(=S)n1CC(=O)Nc1cccc(-n2ncc(C(=O)OCC)c2C)c1. The van der Waals surface area contributed by atoms with E-state index in [0.29, 0.717) is 34.0 Å². The number of hydrogen-bond acceptors (Lipinski definition) is 6. The van der Waals surface area contributed by atoms with E-state index in [1.165, 1.54) is 6.20 Å². The summed E-state index contributed by atoms with van der Waals surface area (Å²) in [6.07, 6.45) is 3.12. The molecule has 1 aromatic carbocycles. The van der Waals surface area contributed by atoms with Crippen molar-refractivity contribution in [3.8, 4) is 5.69 Å². The van der Waals surface area contributed by atoms with Gasteiger partial charge >= 0.3 is 5.97 Å². The molecule has 1 amide bonds. The molecule has 158 valence electrons. The largest absolute Gasteiger partial charge is 0.462 e. The van der Waals surface area contributed by atoms with Crippen LogP contribution >= 0.6 is 12.2 Å². The number of aromatic amines is 1. The minimum Gasteiger partial charge on any atom is -0.462 e. The standard InChI is InChI=1S/C20H24N6O3S/c1-4-7-17-23-24-20(30)25(17)12-18(27)22-14-8-6-9-15(10-14)26-13(3)16(11-21-26)19(28)29-5-2/h6,8-11H,4-5,7,12H2,1-3H3,(H,22,27)(H,24,30). The number of nitrogens with zero attached hydrogens (tertiary/aromatic N) is 4. The summed E-state index contributed by atoms with van der Waals surface area (Å²) in [5.74, 6) is 0.127. The number of ether oxygens (including phenoxy) is 1. The number of H-pyrrole nitrogens is 1. The summed E-state index contributed by atoms with van der Waals surface area (Å²) in [6, 6.07) is 7.22. The van der Waals surface area contributed by atoms with Crippen LogP contribution in [0, 0.1) is 11.7 Å². The number of nitrogens with one attached hydrogen (secondary N) is 2. The zero-order chi connectivity index (χ0) is 21.7. The number of amides is 1. The summed E-state index contributed by atoms with van der Waals surface area (Å²) in [6.45, 7) is 5.96. The molecule has 0 fully saturated rings. The fraction of sp³-hybridized carbons (Fsp3) is 0.350. The first-order valence-electron chi connectivity index (χ1n) is 9.70. The zero-order valence-corrected chi connectivity index (χ0v) is 18.0. The average Bonchev–Trinajstić information content (AvgIpc) is 3.26. The summed E-state index contributed by atoms with van der Waals surface area (Å²) < 4.78 is 8.80. The van der Waals surface area contributed by atoms with Crippen LogP contribution in [0.3, 0.4) is 0 Å². The van der Waals surface area contributed by atoms with Gasteiger partial charge in [0.25, 0.3) is 0 Å². The van der Waals surface area contributed by atoms with Crippen LogP contribution in [0.15, 0.2) is 30.5 Å². The van der Waals surface area contributed by atoms with E-state index >= 15 is 0 Å². The Hall–Kier alpha value is -3.27. The number of esters is 1. The lowest BCUT2D eigenvalue weighted by Gasteiger charge is -2.10. The molecule has 30 heavy (non-hydrogen) atoms. The van der Waals surface area contributed by atoms with Gasteiger partial charge in [-0.3, -0.25) is 14.5 Å². The Labute approximate surface area is 179 Å². The van der Waals surface area contributed by atoms with Crippen LogP contribution < -0.4 is 5.32 Å². The third-order valence-electron chi connectivity index (χ3n) is 4.49. The third-order valence-corrected chi connectivity index (χ3v) is 4.80. The van der Waals surface area contributed by atoms with E-state index in [1.54, 1.807) is 35.2 Å². The predicted octanol–water partition coefficient (Wildman–Crippen LogP) is 3.20. The molecule has 0 spiro atoms. The van der Waals surface area contributed by atoms with Gasteiger partial charge in [-0.1, -0.05) is 13.0 Å². The second-order valence-electron chi connectivity index (χ2n) is 6.66. The molecule has 0 aliphatic carbocycles. The first-order valence-corrected chi connectivity index (χ1v) is 10.1.